The number of thiophene rings is 1. The quantitative estimate of drug-likeness (QED) is 0.510. The highest BCUT2D eigenvalue weighted by Gasteiger charge is 2.11. The smallest absolute Gasteiger partial charge is 0.279 e. The Morgan fingerprint density at radius 1 is 1.16 bits per heavy atom. The van der Waals surface area contributed by atoms with Gasteiger partial charge >= 0.3 is 0 Å². The molecule has 3 N–H and O–H groups in total. The van der Waals surface area contributed by atoms with E-state index in [4.69, 9.17) is 12.2 Å². The number of hydrogen-bond acceptors (Lipinski definition) is 3. The number of aryl methyl sites for hydroxylation is 3. The maximum atomic E-state index is 12.2. The Morgan fingerprint density at radius 3 is 2.48 bits per heavy atom. The standard InChI is InChI=1S/C19H25N3OS2/c1-4-6-7-14-8-10-16(11-9-14)20-19(24)22-21-18(23)17-12-15(5-2)13(3)25-17/h8-12H,4-7H2,1-3H3,(H,21,23)(H2,20,22,24). The summed E-state index contributed by atoms with van der Waals surface area (Å²) in [4.78, 5) is 14.0. The summed E-state index contributed by atoms with van der Waals surface area (Å²) in [6.45, 7) is 6.31. The van der Waals surface area contributed by atoms with Crippen LogP contribution in [0.2, 0.25) is 0 Å². The first-order valence-electron chi connectivity index (χ1n) is 8.59. The summed E-state index contributed by atoms with van der Waals surface area (Å²) in [5, 5.41) is 3.43. The fourth-order valence-electron chi connectivity index (χ4n) is 2.46. The molecule has 0 saturated heterocycles. The van der Waals surface area contributed by atoms with Gasteiger partial charge in [-0.1, -0.05) is 32.4 Å². The van der Waals surface area contributed by atoms with Gasteiger partial charge in [0.05, 0.1) is 4.88 Å². The zero-order chi connectivity index (χ0) is 18.2. The number of amides is 1. The van der Waals surface area contributed by atoms with Crippen LogP contribution in [0.3, 0.4) is 0 Å². The average Bonchev–Trinajstić information content (AvgIpc) is 3.00. The third kappa shape index (κ3) is 5.83. The molecule has 0 atom stereocenters. The van der Waals surface area contributed by atoms with Crippen LogP contribution in [0.1, 0.15) is 52.4 Å². The van der Waals surface area contributed by atoms with Crippen LogP contribution in [0.4, 0.5) is 5.69 Å². The molecule has 0 bridgehead atoms. The first-order chi connectivity index (χ1) is 12.0. The van der Waals surface area contributed by atoms with E-state index in [1.165, 1.54) is 40.2 Å². The lowest BCUT2D eigenvalue weighted by Crippen LogP contribution is -2.43. The number of nitrogens with one attached hydrogen (secondary N) is 3. The molecule has 0 aliphatic heterocycles. The van der Waals surface area contributed by atoms with E-state index in [0.29, 0.717) is 9.99 Å². The van der Waals surface area contributed by atoms with Gasteiger partial charge in [-0.25, -0.2) is 0 Å². The lowest BCUT2D eigenvalue weighted by Gasteiger charge is -2.11. The summed E-state index contributed by atoms with van der Waals surface area (Å²) in [7, 11) is 0. The minimum Gasteiger partial charge on any atom is -0.331 e. The Balaban J connectivity index is 1.82. The molecule has 0 unspecified atom stereocenters. The van der Waals surface area contributed by atoms with Crippen LogP contribution in [0, 0.1) is 6.92 Å². The highest BCUT2D eigenvalue weighted by Crippen LogP contribution is 2.21. The van der Waals surface area contributed by atoms with Crippen molar-refractivity contribution in [3.63, 3.8) is 0 Å². The van der Waals surface area contributed by atoms with Crippen molar-refractivity contribution in [3.05, 3.63) is 51.2 Å². The monoisotopic (exact) mass is 375 g/mol. The largest absolute Gasteiger partial charge is 0.331 e. The van der Waals surface area contributed by atoms with Crippen molar-refractivity contribution in [1.82, 2.24) is 10.9 Å². The van der Waals surface area contributed by atoms with E-state index in [1.807, 2.05) is 25.1 Å². The van der Waals surface area contributed by atoms with Crippen molar-refractivity contribution in [2.24, 2.45) is 0 Å². The second-order valence-electron chi connectivity index (χ2n) is 5.88. The third-order valence-electron chi connectivity index (χ3n) is 3.95. The molecule has 2 rings (SSSR count). The number of carbonyl (C=O) groups is 1. The first-order valence-corrected chi connectivity index (χ1v) is 9.81. The summed E-state index contributed by atoms with van der Waals surface area (Å²) in [6.07, 6.45) is 4.41. The lowest BCUT2D eigenvalue weighted by molar-refractivity contribution is 0.0948. The van der Waals surface area contributed by atoms with Crippen molar-refractivity contribution < 1.29 is 4.79 Å². The summed E-state index contributed by atoms with van der Waals surface area (Å²) in [6, 6.07) is 10.1. The van der Waals surface area contributed by atoms with Crippen LogP contribution in [-0.4, -0.2) is 11.0 Å². The van der Waals surface area contributed by atoms with E-state index in [2.05, 4.69) is 42.1 Å². The molecule has 0 spiro atoms. The molecular formula is C19H25N3OS2. The van der Waals surface area contributed by atoms with E-state index in [9.17, 15) is 4.79 Å². The molecule has 134 valence electrons. The van der Waals surface area contributed by atoms with Gasteiger partial charge in [-0.05, 0) is 67.7 Å². The number of anilines is 1. The van der Waals surface area contributed by atoms with Gasteiger partial charge in [-0.3, -0.25) is 15.6 Å². The third-order valence-corrected chi connectivity index (χ3v) is 5.24. The van der Waals surface area contributed by atoms with Gasteiger partial charge in [0.25, 0.3) is 5.91 Å². The molecular weight excluding hydrogens is 350 g/mol. The van der Waals surface area contributed by atoms with Crippen molar-refractivity contribution in [2.75, 3.05) is 5.32 Å². The van der Waals surface area contributed by atoms with Gasteiger partial charge in [0, 0.05) is 10.6 Å². The Labute approximate surface area is 159 Å². The van der Waals surface area contributed by atoms with Crippen LogP contribution in [-0.2, 0) is 12.8 Å². The number of hydrazine groups is 1. The van der Waals surface area contributed by atoms with Crippen LogP contribution >= 0.6 is 23.6 Å². The molecule has 1 heterocycles. The van der Waals surface area contributed by atoms with Crippen molar-refractivity contribution >= 4 is 40.3 Å². The van der Waals surface area contributed by atoms with Crippen LogP contribution in [0.15, 0.2) is 30.3 Å². The highest BCUT2D eigenvalue weighted by molar-refractivity contribution is 7.80. The van der Waals surface area contributed by atoms with E-state index >= 15 is 0 Å². The minimum atomic E-state index is -0.174. The molecule has 4 nitrogen and oxygen atoms in total. The van der Waals surface area contributed by atoms with Gasteiger partial charge in [0.1, 0.15) is 0 Å². The Kier molecular flexibility index (Phi) is 7.40. The minimum absolute atomic E-state index is 0.174. The number of carbonyl (C=O) groups excluding carboxylic acids is 1. The summed E-state index contributed by atoms with van der Waals surface area (Å²) >= 11 is 6.72. The SMILES string of the molecule is CCCCc1ccc(NC(=S)NNC(=O)c2cc(CC)c(C)s2)cc1. The van der Waals surface area contributed by atoms with Crippen LogP contribution in [0.5, 0.6) is 0 Å². The summed E-state index contributed by atoms with van der Waals surface area (Å²) < 4.78 is 0. The maximum absolute atomic E-state index is 12.2. The van der Waals surface area contributed by atoms with Gasteiger partial charge in [0.15, 0.2) is 5.11 Å². The molecule has 0 radical (unpaired) electrons. The number of unbranched alkanes of at least 4 members (excludes halogenated alkanes) is 1. The second-order valence-corrected chi connectivity index (χ2v) is 7.54. The molecule has 0 saturated carbocycles. The molecule has 0 aliphatic rings. The van der Waals surface area contributed by atoms with Crippen molar-refractivity contribution in [2.45, 2.75) is 46.5 Å². The maximum Gasteiger partial charge on any atom is 0.279 e. The molecule has 0 fully saturated rings. The Hall–Kier alpha value is -1.92. The zero-order valence-electron chi connectivity index (χ0n) is 14.9. The average molecular weight is 376 g/mol. The van der Waals surface area contributed by atoms with E-state index in [0.717, 1.165) is 18.5 Å². The molecule has 1 aromatic heterocycles. The van der Waals surface area contributed by atoms with E-state index in [1.54, 1.807) is 0 Å². The first kappa shape index (κ1) is 19.4. The van der Waals surface area contributed by atoms with Gasteiger partial charge in [-0.15, -0.1) is 11.3 Å². The topological polar surface area (TPSA) is 53.2 Å². The number of thiocarbonyl (C=S) groups is 1. The summed E-state index contributed by atoms with van der Waals surface area (Å²) in [5.41, 5.74) is 8.82. The Morgan fingerprint density at radius 2 is 1.88 bits per heavy atom. The van der Waals surface area contributed by atoms with Crippen molar-refractivity contribution in [3.8, 4) is 0 Å². The van der Waals surface area contributed by atoms with Gasteiger partial charge in [-0.2, -0.15) is 0 Å². The molecule has 1 amide bonds. The molecule has 25 heavy (non-hydrogen) atoms. The predicted octanol–water partition coefficient (Wildman–Crippen LogP) is 4.59. The predicted molar refractivity (Wildman–Crippen MR) is 110 cm³/mol. The van der Waals surface area contributed by atoms with Gasteiger partial charge < -0.3 is 5.32 Å². The highest BCUT2D eigenvalue weighted by atomic mass is 32.1. The molecule has 6 heteroatoms. The number of rotatable bonds is 6. The van der Waals surface area contributed by atoms with Crippen LogP contribution < -0.4 is 16.2 Å². The lowest BCUT2D eigenvalue weighted by atomic mass is 10.1. The van der Waals surface area contributed by atoms with Gasteiger partial charge in [0.2, 0.25) is 0 Å². The zero-order valence-corrected chi connectivity index (χ0v) is 16.6. The van der Waals surface area contributed by atoms with E-state index < -0.39 is 0 Å². The van der Waals surface area contributed by atoms with E-state index in [-0.39, 0.29) is 5.91 Å². The molecule has 0 aliphatic carbocycles. The fourth-order valence-corrected chi connectivity index (χ4v) is 3.63. The van der Waals surface area contributed by atoms with Crippen molar-refractivity contribution in [1.29, 1.82) is 0 Å². The fraction of sp³-hybridized carbons (Fsp3) is 0.368. The normalized spacial score (nSPS) is 10.4. The Bertz CT molecular complexity index is 723. The second kappa shape index (κ2) is 9.53. The number of benzene rings is 1. The molecule has 2 aromatic rings. The summed E-state index contributed by atoms with van der Waals surface area (Å²) in [5.74, 6) is -0.174. The molecule has 1 aromatic carbocycles. The number of hydrogen-bond donors (Lipinski definition) is 3. The van der Waals surface area contributed by atoms with Crippen LogP contribution in [0.25, 0.3) is 0 Å².